The summed E-state index contributed by atoms with van der Waals surface area (Å²) in [4.78, 5) is 21.4. The van der Waals surface area contributed by atoms with Gasteiger partial charge in [-0.1, -0.05) is 0 Å². The molecule has 0 aliphatic carbocycles. The molecule has 0 spiro atoms. The summed E-state index contributed by atoms with van der Waals surface area (Å²) in [6.45, 7) is 3.70. The van der Waals surface area contributed by atoms with Crippen molar-refractivity contribution in [1.29, 1.82) is 0 Å². The lowest BCUT2D eigenvalue weighted by Gasteiger charge is -2.13. The van der Waals surface area contributed by atoms with Crippen molar-refractivity contribution in [2.45, 2.75) is 20.1 Å². The maximum Gasteiger partial charge on any atom is 0.348 e. The summed E-state index contributed by atoms with van der Waals surface area (Å²) in [6.07, 6.45) is -1.16. The molecule has 0 saturated carbocycles. The Kier molecular flexibility index (Phi) is 6.69. The van der Waals surface area contributed by atoms with Gasteiger partial charge in [0.2, 0.25) is 6.23 Å². The van der Waals surface area contributed by atoms with Crippen LogP contribution in [0.4, 0.5) is 0 Å². The van der Waals surface area contributed by atoms with E-state index in [0.717, 1.165) is 0 Å². The molecule has 1 atom stereocenters. The summed E-state index contributed by atoms with van der Waals surface area (Å²) in [5.74, 6) is -1.66. The van der Waals surface area contributed by atoms with Crippen molar-refractivity contribution in [2.75, 3.05) is 19.8 Å². The van der Waals surface area contributed by atoms with Gasteiger partial charge in [0, 0.05) is 6.61 Å². The smallest absolute Gasteiger partial charge is 0.348 e. The number of esters is 1. The molecule has 6 nitrogen and oxygen atoms in total. The summed E-state index contributed by atoms with van der Waals surface area (Å²) in [5, 5.41) is 11.0. The summed E-state index contributed by atoms with van der Waals surface area (Å²) in [5.41, 5.74) is 0. The molecule has 0 aromatic heterocycles. The Balaban J connectivity index is 3.81. The Hall–Kier alpha value is -1.14. The minimum atomic E-state index is -1.16. The maximum absolute atomic E-state index is 10.8. The van der Waals surface area contributed by atoms with E-state index in [-0.39, 0.29) is 19.8 Å². The number of nitrogens with one attached hydrogen (secondary N) is 1. The zero-order valence-corrected chi connectivity index (χ0v) is 8.28. The SMILES string of the molecule is CCOC(=O)CNC(OCC)C(=O)O. The van der Waals surface area contributed by atoms with Gasteiger partial charge in [-0.25, -0.2) is 4.79 Å². The number of carboxylic acid groups (broad SMARTS) is 1. The van der Waals surface area contributed by atoms with Crippen LogP contribution >= 0.6 is 0 Å². The van der Waals surface area contributed by atoms with Gasteiger partial charge in [-0.2, -0.15) is 0 Å². The van der Waals surface area contributed by atoms with E-state index in [1.165, 1.54) is 0 Å². The summed E-state index contributed by atoms with van der Waals surface area (Å²) in [7, 11) is 0. The van der Waals surface area contributed by atoms with E-state index in [2.05, 4.69) is 10.1 Å². The predicted octanol–water partition coefficient (Wildman–Crippen LogP) is -0.414. The Morgan fingerprint density at radius 3 is 2.43 bits per heavy atom. The first kappa shape index (κ1) is 12.9. The summed E-state index contributed by atoms with van der Waals surface area (Å²) >= 11 is 0. The van der Waals surface area contributed by atoms with Crippen molar-refractivity contribution < 1.29 is 24.2 Å². The van der Waals surface area contributed by atoms with Crippen LogP contribution in [0.1, 0.15) is 13.8 Å². The van der Waals surface area contributed by atoms with Crippen LogP contribution in [-0.2, 0) is 19.1 Å². The van der Waals surface area contributed by atoms with E-state index in [1.807, 2.05) is 0 Å². The molecule has 2 N–H and O–H groups in total. The molecular weight excluding hydrogens is 190 g/mol. The third kappa shape index (κ3) is 5.50. The number of carbonyl (C=O) groups is 2. The van der Waals surface area contributed by atoms with Gasteiger partial charge >= 0.3 is 11.9 Å². The van der Waals surface area contributed by atoms with Crippen molar-refractivity contribution in [3.63, 3.8) is 0 Å². The average molecular weight is 205 g/mol. The number of carboxylic acids is 1. The van der Waals surface area contributed by atoms with Gasteiger partial charge in [-0.15, -0.1) is 0 Å². The van der Waals surface area contributed by atoms with E-state index < -0.39 is 18.2 Å². The Bertz CT molecular complexity index is 194. The first-order valence-electron chi connectivity index (χ1n) is 4.35. The molecule has 0 rings (SSSR count). The molecule has 82 valence electrons. The Morgan fingerprint density at radius 1 is 1.36 bits per heavy atom. The van der Waals surface area contributed by atoms with Crippen LogP contribution in [0.15, 0.2) is 0 Å². The number of carbonyl (C=O) groups excluding carboxylic acids is 1. The van der Waals surface area contributed by atoms with E-state index in [0.29, 0.717) is 0 Å². The van der Waals surface area contributed by atoms with Gasteiger partial charge in [0.15, 0.2) is 0 Å². The molecular formula is C8H15NO5. The number of rotatable bonds is 7. The minimum absolute atomic E-state index is 0.176. The zero-order chi connectivity index (χ0) is 11.0. The molecule has 0 saturated heterocycles. The van der Waals surface area contributed by atoms with E-state index in [1.54, 1.807) is 13.8 Å². The van der Waals surface area contributed by atoms with Crippen molar-refractivity contribution in [2.24, 2.45) is 0 Å². The molecule has 1 unspecified atom stereocenters. The van der Waals surface area contributed by atoms with E-state index in [9.17, 15) is 9.59 Å². The van der Waals surface area contributed by atoms with Gasteiger partial charge in [-0.3, -0.25) is 10.1 Å². The summed E-state index contributed by atoms with van der Waals surface area (Å²) < 4.78 is 9.41. The highest BCUT2D eigenvalue weighted by atomic mass is 16.5. The number of ether oxygens (including phenoxy) is 2. The van der Waals surface area contributed by atoms with E-state index >= 15 is 0 Å². The van der Waals surface area contributed by atoms with Gasteiger partial charge < -0.3 is 14.6 Å². The number of hydrogen-bond donors (Lipinski definition) is 2. The lowest BCUT2D eigenvalue weighted by molar-refractivity contribution is -0.153. The fourth-order valence-corrected chi connectivity index (χ4v) is 0.772. The molecule has 0 heterocycles. The first-order chi connectivity index (χ1) is 6.61. The predicted molar refractivity (Wildman–Crippen MR) is 47.7 cm³/mol. The lowest BCUT2D eigenvalue weighted by atomic mass is 10.5. The fourth-order valence-electron chi connectivity index (χ4n) is 0.772. The highest BCUT2D eigenvalue weighted by molar-refractivity contribution is 5.75. The molecule has 0 aliphatic rings. The fraction of sp³-hybridized carbons (Fsp3) is 0.750. The molecule has 0 bridgehead atoms. The average Bonchev–Trinajstić information content (AvgIpc) is 2.12. The second-order valence-corrected chi connectivity index (χ2v) is 2.36. The van der Waals surface area contributed by atoms with Gasteiger partial charge in [0.1, 0.15) is 0 Å². The van der Waals surface area contributed by atoms with Crippen LogP contribution in [0.3, 0.4) is 0 Å². The monoisotopic (exact) mass is 205 g/mol. The molecule has 0 fully saturated rings. The third-order valence-corrected chi connectivity index (χ3v) is 1.29. The van der Waals surface area contributed by atoms with Crippen LogP contribution in [0.25, 0.3) is 0 Å². The highest BCUT2D eigenvalue weighted by Crippen LogP contribution is 1.87. The molecule has 6 heteroatoms. The number of hydrogen-bond acceptors (Lipinski definition) is 5. The van der Waals surface area contributed by atoms with Crippen molar-refractivity contribution in [3.8, 4) is 0 Å². The summed E-state index contributed by atoms with van der Waals surface area (Å²) in [6, 6.07) is 0. The molecule has 0 radical (unpaired) electrons. The maximum atomic E-state index is 10.8. The first-order valence-corrected chi connectivity index (χ1v) is 4.35. The van der Waals surface area contributed by atoms with Crippen LogP contribution in [0.2, 0.25) is 0 Å². The molecule has 14 heavy (non-hydrogen) atoms. The zero-order valence-electron chi connectivity index (χ0n) is 8.28. The van der Waals surface area contributed by atoms with Crippen LogP contribution in [-0.4, -0.2) is 43.0 Å². The van der Waals surface area contributed by atoms with E-state index in [4.69, 9.17) is 9.84 Å². The largest absolute Gasteiger partial charge is 0.478 e. The standard InChI is InChI=1S/C8H15NO5/c1-3-13-6(10)5-9-7(8(11)12)14-4-2/h7,9H,3-5H2,1-2H3,(H,11,12). The van der Waals surface area contributed by atoms with Crippen molar-refractivity contribution >= 4 is 11.9 Å². The second-order valence-electron chi connectivity index (χ2n) is 2.36. The molecule has 0 amide bonds. The number of aliphatic carboxylic acids is 1. The van der Waals surface area contributed by atoms with Gasteiger partial charge in [-0.05, 0) is 13.8 Å². The Morgan fingerprint density at radius 2 is 2.00 bits per heavy atom. The normalized spacial score (nSPS) is 12.1. The van der Waals surface area contributed by atoms with Crippen molar-refractivity contribution in [3.05, 3.63) is 0 Å². The van der Waals surface area contributed by atoms with Crippen LogP contribution in [0.5, 0.6) is 0 Å². The molecule has 0 aromatic carbocycles. The minimum Gasteiger partial charge on any atom is -0.478 e. The topological polar surface area (TPSA) is 84.9 Å². The van der Waals surface area contributed by atoms with Gasteiger partial charge in [0.05, 0.1) is 13.2 Å². The van der Waals surface area contributed by atoms with Crippen LogP contribution < -0.4 is 5.32 Å². The molecule has 0 aliphatic heterocycles. The second kappa shape index (κ2) is 7.28. The lowest BCUT2D eigenvalue weighted by Crippen LogP contribution is -2.42. The highest BCUT2D eigenvalue weighted by Gasteiger charge is 2.17. The Labute approximate surface area is 82.2 Å². The van der Waals surface area contributed by atoms with Crippen molar-refractivity contribution in [1.82, 2.24) is 5.32 Å². The third-order valence-electron chi connectivity index (χ3n) is 1.29. The molecule has 0 aromatic rings. The van der Waals surface area contributed by atoms with Gasteiger partial charge in [0.25, 0.3) is 0 Å². The quantitative estimate of drug-likeness (QED) is 0.434. The van der Waals surface area contributed by atoms with Crippen LogP contribution in [0, 0.1) is 0 Å².